The van der Waals surface area contributed by atoms with Crippen LogP contribution in [0.5, 0.6) is 0 Å². The zero-order valence-electron chi connectivity index (χ0n) is 27.6. The minimum absolute atomic E-state index is 0.226. The summed E-state index contributed by atoms with van der Waals surface area (Å²) in [6.45, 7) is 3.86. The molecule has 0 aromatic carbocycles. The number of allylic oxidation sites excluding steroid dienone is 2. The number of pyridine rings is 1. The Balaban J connectivity index is 1.30. The molecular formula is C38H65N3O2. The SMILES string of the molecule is O=C(O)CCNCCCCCCCCCCCCCC1=CN(CCCCCCCCCCCCc2cccnc2)CC=C1. The smallest absolute Gasteiger partial charge is 0.304 e. The largest absolute Gasteiger partial charge is 0.481 e. The van der Waals surface area contributed by atoms with E-state index in [1.807, 2.05) is 18.5 Å². The lowest BCUT2D eigenvalue weighted by atomic mass is 10.0. The van der Waals surface area contributed by atoms with E-state index in [4.69, 9.17) is 5.11 Å². The first-order chi connectivity index (χ1) is 21.2. The Morgan fingerprint density at radius 3 is 1.86 bits per heavy atom. The Bertz CT molecular complexity index is 839. The molecule has 0 radical (unpaired) electrons. The molecule has 2 N–H and O–H groups in total. The van der Waals surface area contributed by atoms with Crippen LogP contribution in [0, 0.1) is 0 Å². The fraction of sp³-hybridized carbons (Fsp3) is 0.737. The highest BCUT2D eigenvalue weighted by Gasteiger charge is 2.05. The van der Waals surface area contributed by atoms with Crippen LogP contribution in [-0.2, 0) is 11.2 Å². The van der Waals surface area contributed by atoms with Gasteiger partial charge < -0.3 is 15.3 Å². The molecule has 0 bridgehead atoms. The van der Waals surface area contributed by atoms with Gasteiger partial charge in [-0.05, 0) is 62.3 Å². The Hall–Kier alpha value is -2.14. The van der Waals surface area contributed by atoms with Crippen LogP contribution < -0.4 is 5.32 Å². The van der Waals surface area contributed by atoms with Gasteiger partial charge in [-0.25, -0.2) is 0 Å². The van der Waals surface area contributed by atoms with Gasteiger partial charge in [0.05, 0.1) is 6.42 Å². The molecule has 0 aliphatic carbocycles. The molecule has 0 amide bonds. The highest BCUT2D eigenvalue weighted by Crippen LogP contribution is 2.18. The summed E-state index contributed by atoms with van der Waals surface area (Å²) in [6, 6.07) is 4.24. The predicted molar refractivity (Wildman–Crippen MR) is 183 cm³/mol. The van der Waals surface area contributed by atoms with E-state index in [1.54, 1.807) is 0 Å². The fourth-order valence-corrected chi connectivity index (χ4v) is 6.07. The van der Waals surface area contributed by atoms with Crippen molar-refractivity contribution in [2.75, 3.05) is 26.2 Å². The van der Waals surface area contributed by atoms with Crippen molar-refractivity contribution in [2.24, 2.45) is 0 Å². The number of aryl methyl sites for hydroxylation is 1. The zero-order valence-corrected chi connectivity index (χ0v) is 27.6. The van der Waals surface area contributed by atoms with Crippen LogP contribution in [-0.4, -0.2) is 47.1 Å². The van der Waals surface area contributed by atoms with Gasteiger partial charge in [-0.15, -0.1) is 0 Å². The van der Waals surface area contributed by atoms with Crippen LogP contribution in [0.3, 0.4) is 0 Å². The van der Waals surface area contributed by atoms with E-state index < -0.39 is 5.97 Å². The van der Waals surface area contributed by atoms with Crippen LogP contribution >= 0.6 is 0 Å². The van der Waals surface area contributed by atoms with Crippen LogP contribution in [0.1, 0.15) is 153 Å². The van der Waals surface area contributed by atoms with Crippen LogP contribution in [0.4, 0.5) is 0 Å². The van der Waals surface area contributed by atoms with Gasteiger partial charge in [-0.1, -0.05) is 127 Å². The monoisotopic (exact) mass is 596 g/mol. The lowest BCUT2D eigenvalue weighted by molar-refractivity contribution is -0.136. The molecule has 0 fully saturated rings. The average molecular weight is 596 g/mol. The van der Waals surface area contributed by atoms with Crippen molar-refractivity contribution in [3.05, 3.63) is 54.0 Å². The predicted octanol–water partition coefficient (Wildman–Crippen LogP) is 10.0. The number of carboxylic acids is 1. The summed E-state index contributed by atoms with van der Waals surface area (Å²) >= 11 is 0. The molecule has 0 saturated carbocycles. The van der Waals surface area contributed by atoms with Crippen molar-refractivity contribution < 1.29 is 9.90 Å². The van der Waals surface area contributed by atoms with Crippen molar-refractivity contribution >= 4 is 5.97 Å². The first-order valence-electron chi connectivity index (χ1n) is 18.2. The highest BCUT2D eigenvalue weighted by molar-refractivity contribution is 5.66. The summed E-state index contributed by atoms with van der Waals surface area (Å²) in [7, 11) is 0. The number of hydrogen-bond acceptors (Lipinski definition) is 4. The second kappa shape index (κ2) is 27.4. The summed E-state index contributed by atoms with van der Waals surface area (Å²) in [4.78, 5) is 17.2. The average Bonchev–Trinajstić information content (AvgIpc) is 3.02. The second-order valence-electron chi connectivity index (χ2n) is 12.8. The number of unbranched alkanes of at least 4 members (excludes halogenated alkanes) is 19. The molecule has 5 heteroatoms. The third kappa shape index (κ3) is 23.0. The zero-order chi connectivity index (χ0) is 30.5. The molecule has 244 valence electrons. The lowest BCUT2D eigenvalue weighted by Gasteiger charge is -2.23. The van der Waals surface area contributed by atoms with E-state index in [2.05, 4.69) is 39.6 Å². The van der Waals surface area contributed by atoms with Gasteiger partial charge in [-0.3, -0.25) is 9.78 Å². The first-order valence-corrected chi connectivity index (χ1v) is 18.2. The Kier molecular flexibility index (Phi) is 23.6. The van der Waals surface area contributed by atoms with Crippen molar-refractivity contribution in [1.82, 2.24) is 15.2 Å². The van der Waals surface area contributed by atoms with E-state index >= 15 is 0 Å². The van der Waals surface area contributed by atoms with Crippen molar-refractivity contribution in [3.8, 4) is 0 Å². The number of aliphatic carboxylic acids is 1. The van der Waals surface area contributed by atoms with Crippen molar-refractivity contribution in [2.45, 2.75) is 154 Å². The molecule has 1 aliphatic rings. The van der Waals surface area contributed by atoms with Gasteiger partial charge in [0.15, 0.2) is 0 Å². The van der Waals surface area contributed by atoms with Gasteiger partial charge in [-0.2, -0.15) is 0 Å². The quantitative estimate of drug-likeness (QED) is 0.0866. The number of nitrogens with one attached hydrogen (secondary N) is 1. The van der Waals surface area contributed by atoms with Gasteiger partial charge in [0.2, 0.25) is 0 Å². The molecule has 0 unspecified atom stereocenters. The number of hydrogen-bond donors (Lipinski definition) is 2. The number of rotatable bonds is 30. The minimum atomic E-state index is -0.717. The van der Waals surface area contributed by atoms with E-state index in [1.165, 1.54) is 165 Å². The second-order valence-corrected chi connectivity index (χ2v) is 12.8. The Labute approximate surface area is 265 Å². The van der Waals surface area contributed by atoms with E-state index in [-0.39, 0.29) is 6.42 Å². The molecule has 1 aliphatic heterocycles. The van der Waals surface area contributed by atoms with Gasteiger partial charge in [0.25, 0.3) is 0 Å². The lowest BCUT2D eigenvalue weighted by Crippen LogP contribution is -2.21. The maximum absolute atomic E-state index is 10.5. The van der Waals surface area contributed by atoms with E-state index in [0.717, 1.165) is 13.1 Å². The fourth-order valence-electron chi connectivity index (χ4n) is 6.07. The van der Waals surface area contributed by atoms with E-state index in [0.29, 0.717) is 6.54 Å². The standard InChI is InChI=1S/C38H65N3O2/c42-38(43)28-31-39-29-20-16-12-8-4-1-2-7-11-15-19-25-37-27-23-33-41(35-37)32-21-17-13-9-5-3-6-10-14-18-24-36-26-22-30-40-34-36/h22-23,26-27,30,34-35,39H,1-21,24-25,28-29,31-33H2,(H,42,43). The summed E-state index contributed by atoms with van der Waals surface area (Å²) in [5.74, 6) is -0.717. The normalized spacial score (nSPS) is 13.0. The summed E-state index contributed by atoms with van der Waals surface area (Å²) in [5, 5.41) is 11.8. The summed E-state index contributed by atoms with van der Waals surface area (Å²) < 4.78 is 0. The minimum Gasteiger partial charge on any atom is -0.481 e. The molecule has 0 saturated heterocycles. The molecule has 1 aromatic heterocycles. The molecule has 5 nitrogen and oxygen atoms in total. The summed E-state index contributed by atoms with van der Waals surface area (Å²) in [6.07, 6.45) is 42.2. The van der Waals surface area contributed by atoms with Gasteiger partial charge >= 0.3 is 5.97 Å². The maximum Gasteiger partial charge on any atom is 0.304 e. The number of aromatic nitrogens is 1. The third-order valence-corrected chi connectivity index (χ3v) is 8.74. The number of carbonyl (C=O) groups is 1. The maximum atomic E-state index is 10.5. The van der Waals surface area contributed by atoms with Crippen LogP contribution in [0.2, 0.25) is 0 Å². The molecule has 1 aromatic rings. The Morgan fingerprint density at radius 2 is 1.28 bits per heavy atom. The number of nitrogens with zero attached hydrogens (tertiary/aromatic N) is 2. The van der Waals surface area contributed by atoms with Gasteiger partial charge in [0.1, 0.15) is 0 Å². The van der Waals surface area contributed by atoms with Crippen molar-refractivity contribution in [1.29, 1.82) is 0 Å². The van der Waals surface area contributed by atoms with E-state index in [9.17, 15) is 4.79 Å². The third-order valence-electron chi connectivity index (χ3n) is 8.74. The summed E-state index contributed by atoms with van der Waals surface area (Å²) in [5.41, 5.74) is 2.91. The number of carboxylic acid groups (broad SMARTS) is 1. The molecule has 0 spiro atoms. The Morgan fingerprint density at radius 1 is 0.721 bits per heavy atom. The topological polar surface area (TPSA) is 65.5 Å². The molecule has 43 heavy (non-hydrogen) atoms. The first kappa shape index (κ1) is 37.0. The molecular weight excluding hydrogens is 530 g/mol. The van der Waals surface area contributed by atoms with Crippen molar-refractivity contribution in [3.63, 3.8) is 0 Å². The molecule has 2 rings (SSSR count). The molecule has 2 heterocycles. The molecule has 0 atom stereocenters. The highest BCUT2D eigenvalue weighted by atomic mass is 16.4. The van der Waals surface area contributed by atoms with Crippen LogP contribution in [0.25, 0.3) is 0 Å². The van der Waals surface area contributed by atoms with Gasteiger partial charge in [0, 0.05) is 38.2 Å². The van der Waals surface area contributed by atoms with Crippen LogP contribution in [0.15, 0.2) is 48.5 Å².